The van der Waals surface area contributed by atoms with Crippen LogP contribution in [0.15, 0.2) is 34.9 Å². The molecular formula is C15H13BrN4O4. The minimum absolute atomic E-state index is 0.100. The lowest BCUT2D eigenvalue weighted by molar-refractivity contribution is -0.118. The number of halogens is 1. The molecule has 0 aliphatic carbocycles. The van der Waals surface area contributed by atoms with Crippen molar-refractivity contribution in [2.75, 3.05) is 11.9 Å². The summed E-state index contributed by atoms with van der Waals surface area (Å²) >= 11 is 3.28. The fourth-order valence-corrected chi connectivity index (χ4v) is 2.74. The van der Waals surface area contributed by atoms with Gasteiger partial charge in [0.25, 0.3) is 17.7 Å². The molecule has 8 nitrogen and oxygen atoms in total. The highest BCUT2D eigenvalue weighted by molar-refractivity contribution is 9.10. The highest BCUT2D eigenvalue weighted by Gasteiger charge is 2.18. The van der Waals surface area contributed by atoms with Crippen molar-refractivity contribution in [2.45, 2.75) is 0 Å². The molecule has 2 heterocycles. The van der Waals surface area contributed by atoms with Gasteiger partial charge < -0.3 is 14.6 Å². The van der Waals surface area contributed by atoms with E-state index in [0.717, 1.165) is 4.47 Å². The Bertz CT molecular complexity index is 846. The maximum absolute atomic E-state index is 12.1. The predicted octanol–water partition coefficient (Wildman–Crippen LogP) is 1.19. The van der Waals surface area contributed by atoms with E-state index in [1.54, 1.807) is 29.9 Å². The molecule has 0 spiro atoms. The second-order valence-electron chi connectivity index (χ2n) is 5.11. The number of amides is 3. The molecule has 124 valence electrons. The SMILES string of the molecule is Cn1cc(Br)cc1C(=O)NNC(=O)c1ccc2c(c1)OCC(=O)N2. The number of fused-ring (bicyclic) bond motifs is 1. The van der Waals surface area contributed by atoms with Gasteiger partial charge in [-0.15, -0.1) is 0 Å². The van der Waals surface area contributed by atoms with Crippen LogP contribution in [0.25, 0.3) is 0 Å². The standard InChI is InChI=1S/C15H13BrN4O4/c1-20-6-9(16)5-11(20)15(23)19-18-14(22)8-2-3-10-12(4-8)24-7-13(21)17-10/h2-6H,7H2,1H3,(H,17,21)(H,18,22)(H,19,23). The molecule has 1 aliphatic rings. The van der Waals surface area contributed by atoms with Crippen LogP contribution in [0.2, 0.25) is 0 Å². The number of nitrogens with zero attached hydrogens (tertiary/aromatic N) is 1. The highest BCUT2D eigenvalue weighted by Crippen LogP contribution is 2.28. The summed E-state index contributed by atoms with van der Waals surface area (Å²) in [6.07, 6.45) is 1.73. The summed E-state index contributed by atoms with van der Waals surface area (Å²) in [5.41, 5.74) is 5.87. The number of aromatic nitrogens is 1. The van der Waals surface area contributed by atoms with Crippen LogP contribution in [0, 0.1) is 0 Å². The van der Waals surface area contributed by atoms with Crippen molar-refractivity contribution in [3.8, 4) is 5.75 Å². The fraction of sp³-hybridized carbons (Fsp3) is 0.133. The molecule has 3 amide bonds. The third-order valence-corrected chi connectivity index (χ3v) is 3.80. The number of rotatable bonds is 2. The van der Waals surface area contributed by atoms with Gasteiger partial charge in [0.1, 0.15) is 11.4 Å². The van der Waals surface area contributed by atoms with Crippen molar-refractivity contribution < 1.29 is 19.1 Å². The van der Waals surface area contributed by atoms with Gasteiger partial charge in [-0.05, 0) is 40.2 Å². The third kappa shape index (κ3) is 3.25. The summed E-state index contributed by atoms with van der Waals surface area (Å²) in [5.74, 6) is -0.793. The second-order valence-corrected chi connectivity index (χ2v) is 6.03. The number of hydrazine groups is 1. The quantitative estimate of drug-likeness (QED) is 0.668. The van der Waals surface area contributed by atoms with E-state index < -0.39 is 11.8 Å². The molecule has 3 rings (SSSR count). The minimum atomic E-state index is -0.500. The molecule has 0 fully saturated rings. The number of ether oxygens (including phenoxy) is 1. The van der Waals surface area contributed by atoms with E-state index in [4.69, 9.17) is 4.74 Å². The summed E-state index contributed by atoms with van der Waals surface area (Å²) in [7, 11) is 1.72. The molecule has 0 atom stereocenters. The molecule has 0 radical (unpaired) electrons. The van der Waals surface area contributed by atoms with Crippen LogP contribution in [-0.2, 0) is 11.8 Å². The van der Waals surface area contributed by atoms with Crippen LogP contribution < -0.4 is 20.9 Å². The topological polar surface area (TPSA) is 101 Å². The zero-order valence-electron chi connectivity index (χ0n) is 12.6. The Morgan fingerprint density at radius 2 is 2.00 bits per heavy atom. The van der Waals surface area contributed by atoms with Crippen molar-refractivity contribution in [2.24, 2.45) is 7.05 Å². The molecule has 24 heavy (non-hydrogen) atoms. The monoisotopic (exact) mass is 392 g/mol. The van der Waals surface area contributed by atoms with E-state index in [9.17, 15) is 14.4 Å². The number of anilines is 1. The first kappa shape index (κ1) is 16.1. The Kier molecular flexibility index (Phi) is 4.26. The Morgan fingerprint density at radius 3 is 2.71 bits per heavy atom. The Balaban J connectivity index is 1.66. The van der Waals surface area contributed by atoms with Crippen molar-refractivity contribution in [1.29, 1.82) is 0 Å². The first-order chi connectivity index (χ1) is 11.4. The Labute approximate surface area is 145 Å². The van der Waals surface area contributed by atoms with Gasteiger partial charge in [-0.2, -0.15) is 0 Å². The van der Waals surface area contributed by atoms with Gasteiger partial charge in [-0.1, -0.05) is 0 Å². The van der Waals surface area contributed by atoms with E-state index >= 15 is 0 Å². The summed E-state index contributed by atoms with van der Waals surface area (Å²) in [4.78, 5) is 35.4. The van der Waals surface area contributed by atoms with Crippen LogP contribution in [0.1, 0.15) is 20.8 Å². The zero-order valence-corrected chi connectivity index (χ0v) is 14.1. The van der Waals surface area contributed by atoms with Gasteiger partial charge in [-0.3, -0.25) is 25.2 Å². The van der Waals surface area contributed by atoms with Crippen LogP contribution in [0.5, 0.6) is 5.75 Å². The van der Waals surface area contributed by atoms with Crippen LogP contribution >= 0.6 is 15.9 Å². The van der Waals surface area contributed by atoms with Crippen molar-refractivity contribution in [3.63, 3.8) is 0 Å². The summed E-state index contributed by atoms with van der Waals surface area (Å²) in [6, 6.07) is 6.22. The lowest BCUT2D eigenvalue weighted by Crippen LogP contribution is -2.42. The molecule has 3 N–H and O–H groups in total. The van der Waals surface area contributed by atoms with Crippen LogP contribution in [0.3, 0.4) is 0 Å². The Morgan fingerprint density at radius 1 is 1.25 bits per heavy atom. The van der Waals surface area contributed by atoms with Gasteiger partial charge >= 0.3 is 0 Å². The number of hydrogen-bond donors (Lipinski definition) is 3. The van der Waals surface area contributed by atoms with Crippen molar-refractivity contribution in [3.05, 3.63) is 46.2 Å². The molecule has 9 heteroatoms. The van der Waals surface area contributed by atoms with E-state index in [0.29, 0.717) is 22.7 Å². The number of carbonyl (C=O) groups is 3. The molecule has 2 aromatic rings. The smallest absolute Gasteiger partial charge is 0.286 e. The lowest BCUT2D eigenvalue weighted by atomic mass is 10.1. The average Bonchev–Trinajstić information content (AvgIpc) is 2.90. The number of hydrogen-bond acceptors (Lipinski definition) is 4. The average molecular weight is 393 g/mol. The van der Waals surface area contributed by atoms with Gasteiger partial charge in [0.15, 0.2) is 6.61 Å². The summed E-state index contributed by atoms with van der Waals surface area (Å²) < 4.78 is 7.64. The molecule has 0 saturated heterocycles. The molecule has 1 aromatic carbocycles. The van der Waals surface area contributed by atoms with Crippen molar-refractivity contribution in [1.82, 2.24) is 15.4 Å². The van der Waals surface area contributed by atoms with Gasteiger partial charge in [0.05, 0.1) is 5.69 Å². The van der Waals surface area contributed by atoms with Gasteiger partial charge in [0, 0.05) is 23.3 Å². The minimum Gasteiger partial charge on any atom is -0.482 e. The molecule has 1 aromatic heterocycles. The van der Waals surface area contributed by atoms with Crippen LogP contribution in [0.4, 0.5) is 5.69 Å². The molecule has 0 bridgehead atoms. The van der Waals surface area contributed by atoms with Crippen molar-refractivity contribution >= 4 is 39.3 Å². The zero-order chi connectivity index (χ0) is 17.3. The molecule has 1 aliphatic heterocycles. The largest absolute Gasteiger partial charge is 0.482 e. The number of nitrogens with one attached hydrogen (secondary N) is 3. The lowest BCUT2D eigenvalue weighted by Gasteiger charge is -2.18. The van der Waals surface area contributed by atoms with E-state index in [1.807, 2.05) is 0 Å². The maximum atomic E-state index is 12.1. The first-order valence-electron chi connectivity index (χ1n) is 6.93. The normalized spacial score (nSPS) is 12.7. The second kappa shape index (κ2) is 6.36. The highest BCUT2D eigenvalue weighted by atomic mass is 79.9. The summed E-state index contributed by atoms with van der Waals surface area (Å²) in [6.45, 7) is -0.100. The number of benzene rings is 1. The predicted molar refractivity (Wildman–Crippen MR) is 88.6 cm³/mol. The Hall–Kier alpha value is -2.81. The fourth-order valence-electron chi connectivity index (χ4n) is 2.22. The van der Waals surface area contributed by atoms with Gasteiger partial charge in [-0.25, -0.2) is 0 Å². The maximum Gasteiger partial charge on any atom is 0.286 e. The number of aryl methyl sites for hydroxylation is 1. The van der Waals surface area contributed by atoms with Crippen LogP contribution in [-0.4, -0.2) is 28.9 Å². The molecule has 0 unspecified atom stereocenters. The van der Waals surface area contributed by atoms with Gasteiger partial charge in [0.2, 0.25) is 0 Å². The van der Waals surface area contributed by atoms with E-state index in [-0.39, 0.29) is 12.5 Å². The number of carbonyl (C=O) groups excluding carboxylic acids is 3. The summed E-state index contributed by atoms with van der Waals surface area (Å²) in [5, 5.41) is 2.63. The first-order valence-corrected chi connectivity index (χ1v) is 7.72. The van der Waals surface area contributed by atoms with E-state index in [2.05, 4.69) is 32.1 Å². The molecule has 0 saturated carbocycles. The molecular weight excluding hydrogens is 380 g/mol. The van der Waals surface area contributed by atoms with E-state index in [1.165, 1.54) is 12.1 Å². The third-order valence-electron chi connectivity index (χ3n) is 3.37.